The summed E-state index contributed by atoms with van der Waals surface area (Å²) in [5.74, 6) is -1.01. The van der Waals surface area contributed by atoms with Gasteiger partial charge in [-0.2, -0.15) is 0 Å². The molecule has 0 aliphatic carbocycles. The van der Waals surface area contributed by atoms with Crippen LogP contribution < -0.4 is 0 Å². The van der Waals surface area contributed by atoms with Crippen LogP contribution in [-0.4, -0.2) is 23.3 Å². The molecule has 1 N–H and O–H groups in total. The second-order valence-electron chi connectivity index (χ2n) is 5.60. The molecule has 3 heteroatoms. The fourth-order valence-electron chi connectivity index (χ4n) is 2.27. The predicted octanol–water partition coefficient (Wildman–Crippen LogP) is 3.37. The number of carbonyl (C=O) groups excluding carboxylic acids is 2. The first-order chi connectivity index (χ1) is 10.5. The molecule has 1 atom stereocenters. The first-order valence-electron chi connectivity index (χ1n) is 7.33. The largest absolute Gasteiger partial charge is 0.396 e. The Morgan fingerprint density at radius 3 is 1.77 bits per heavy atom. The Bertz CT molecular complexity index is 654. The van der Waals surface area contributed by atoms with Crippen molar-refractivity contribution in [3.8, 4) is 0 Å². The van der Waals surface area contributed by atoms with Gasteiger partial charge in [0, 0.05) is 17.5 Å². The van der Waals surface area contributed by atoms with Gasteiger partial charge in [0.1, 0.15) is 0 Å². The number of rotatable bonds is 6. The number of ketones is 2. The molecule has 2 aromatic rings. The van der Waals surface area contributed by atoms with Gasteiger partial charge in [-0.05, 0) is 13.8 Å². The maximum atomic E-state index is 12.4. The lowest BCUT2D eigenvalue weighted by molar-refractivity contribution is 0.0791. The quantitative estimate of drug-likeness (QED) is 0.832. The van der Waals surface area contributed by atoms with Crippen molar-refractivity contribution in [3.05, 3.63) is 70.8 Å². The summed E-state index contributed by atoms with van der Waals surface area (Å²) in [5, 5.41) is 9.48. The molecule has 0 saturated heterocycles. The first-order valence-corrected chi connectivity index (χ1v) is 7.33. The minimum atomic E-state index is -0.698. The lowest BCUT2D eigenvalue weighted by Crippen LogP contribution is -2.22. The standard InChI is InChI=1S/C19H20O3/c1-13-3-7-15(8-4-13)18(21)11-17(12-20)19(22)16-9-5-14(2)6-10-16/h3-10,17,20H,11-12H2,1-2H3. The highest BCUT2D eigenvalue weighted by atomic mass is 16.3. The molecular weight excluding hydrogens is 276 g/mol. The monoisotopic (exact) mass is 296 g/mol. The van der Waals surface area contributed by atoms with E-state index in [-0.39, 0.29) is 24.6 Å². The fourth-order valence-corrected chi connectivity index (χ4v) is 2.27. The molecule has 2 aromatic carbocycles. The number of hydrogen-bond acceptors (Lipinski definition) is 3. The van der Waals surface area contributed by atoms with E-state index >= 15 is 0 Å². The lowest BCUT2D eigenvalue weighted by Gasteiger charge is -2.13. The fraction of sp³-hybridized carbons (Fsp3) is 0.263. The van der Waals surface area contributed by atoms with Crippen molar-refractivity contribution in [2.45, 2.75) is 20.3 Å². The third-order valence-electron chi connectivity index (χ3n) is 3.73. The van der Waals surface area contributed by atoms with Gasteiger partial charge < -0.3 is 5.11 Å². The van der Waals surface area contributed by atoms with E-state index in [4.69, 9.17) is 0 Å². The summed E-state index contributed by atoms with van der Waals surface area (Å²) in [6.45, 7) is 3.56. The summed E-state index contributed by atoms with van der Waals surface area (Å²) in [4.78, 5) is 24.6. The van der Waals surface area contributed by atoms with Crippen LogP contribution >= 0.6 is 0 Å². The number of benzene rings is 2. The third kappa shape index (κ3) is 3.89. The molecule has 1 unspecified atom stereocenters. The van der Waals surface area contributed by atoms with E-state index in [1.54, 1.807) is 24.3 Å². The van der Waals surface area contributed by atoms with Crippen LogP contribution in [0.5, 0.6) is 0 Å². The maximum absolute atomic E-state index is 12.4. The van der Waals surface area contributed by atoms with Crippen LogP contribution in [0.3, 0.4) is 0 Å². The second-order valence-corrected chi connectivity index (χ2v) is 5.60. The van der Waals surface area contributed by atoms with Gasteiger partial charge >= 0.3 is 0 Å². The van der Waals surface area contributed by atoms with Gasteiger partial charge in [0.2, 0.25) is 0 Å². The van der Waals surface area contributed by atoms with Gasteiger partial charge in [-0.15, -0.1) is 0 Å². The highest BCUT2D eigenvalue weighted by Gasteiger charge is 2.23. The van der Waals surface area contributed by atoms with E-state index in [1.165, 1.54) is 0 Å². The van der Waals surface area contributed by atoms with Gasteiger partial charge in [-0.1, -0.05) is 59.7 Å². The van der Waals surface area contributed by atoms with Gasteiger partial charge in [-0.3, -0.25) is 9.59 Å². The molecule has 0 bridgehead atoms. The zero-order valence-corrected chi connectivity index (χ0v) is 12.9. The van der Waals surface area contributed by atoms with Crippen molar-refractivity contribution < 1.29 is 14.7 Å². The number of aryl methyl sites for hydroxylation is 2. The average Bonchev–Trinajstić information content (AvgIpc) is 2.53. The van der Waals surface area contributed by atoms with Crippen molar-refractivity contribution in [1.29, 1.82) is 0 Å². The van der Waals surface area contributed by atoms with Gasteiger partial charge in [-0.25, -0.2) is 0 Å². The van der Waals surface area contributed by atoms with E-state index in [2.05, 4.69) is 0 Å². The normalized spacial score (nSPS) is 12.0. The molecule has 0 saturated carbocycles. The third-order valence-corrected chi connectivity index (χ3v) is 3.73. The number of aliphatic hydroxyl groups excluding tert-OH is 1. The zero-order valence-electron chi connectivity index (χ0n) is 12.9. The smallest absolute Gasteiger partial charge is 0.168 e. The summed E-state index contributed by atoms with van der Waals surface area (Å²) < 4.78 is 0. The van der Waals surface area contributed by atoms with Crippen LogP contribution in [0.2, 0.25) is 0 Å². The Morgan fingerprint density at radius 2 is 1.32 bits per heavy atom. The zero-order chi connectivity index (χ0) is 16.1. The topological polar surface area (TPSA) is 54.4 Å². The van der Waals surface area contributed by atoms with E-state index < -0.39 is 5.92 Å². The van der Waals surface area contributed by atoms with E-state index in [0.717, 1.165) is 11.1 Å². The molecule has 114 valence electrons. The minimum Gasteiger partial charge on any atom is -0.396 e. The second kappa shape index (κ2) is 7.14. The van der Waals surface area contributed by atoms with Crippen molar-refractivity contribution in [1.82, 2.24) is 0 Å². The van der Waals surface area contributed by atoms with Crippen molar-refractivity contribution in [3.63, 3.8) is 0 Å². The molecule has 0 aliphatic heterocycles. The molecule has 0 amide bonds. The number of carbonyl (C=O) groups is 2. The Kier molecular flexibility index (Phi) is 5.23. The van der Waals surface area contributed by atoms with Crippen LogP contribution in [0.25, 0.3) is 0 Å². The van der Waals surface area contributed by atoms with Gasteiger partial charge in [0.25, 0.3) is 0 Å². The Morgan fingerprint density at radius 1 is 0.864 bits per heavy atom. The summed E-state index contributed by atoms with van der Waals surface area (Å²) in [5.41, 5.74) is 3.24. The summed E-state index contributed by atoms with van der Waals surface area (Å²) in [6.07, 6.45) is 0.0201. The molecule has 0 spiro atoms. The molecule has 0 heterocycles. The van der Waals surface area contributed by atoms with Crippen molar-refractivity contribution in [2.24, 2.45) is 5.92 Å². The van der Waals surface area contributed by atoms with Gasteiger partial charge in [0.05, 0.1) is 12.5 Å². The maximum Gasteiger partial charge on any atom is 0.168 e. The number of Topliss-reactive ketones (excluding diaryl/α,β-unsaturated/α-hetero) is 2. The lowest BCUT2D eigenvalue weighted by atomic mass is 9.91. The Balaban J connectivity index is 2.11. The molecular formula is C19H20O3. The Hall–Kier alpha value is -2.26. The van der Waals surface area contributed by atoms with E-state index in [1.807, 2.05) is 38.1 Å². The van der Waals surface area contributed by atoms with Crippen molar-refractivity contribution >= 4 is 11.6 Å². The predicted molar refractivity (Wildman–Crippen MR) is 86.2 cm³/mol. The summed E-state index contributed by atoms with van der Waals surface area (Å²) in [6, 6.07) is 14.4. The summed E-state index contributed by atoms with van der Waals surface area (Å²) >= 11 is 0. The van der Waals surface area contributed by atoms with Crippen LogP contribution in [-0.2, 0) is 0 Å². The average molecular weight is 296 g/mol. The molecule has 0 aliphatic rings. The van der Waals surface area contributed by atoms with Gasteiger partial charge in [0.15, 0.2) is 11.6 Å². The van der Waals surface area contributed by atoms with Crippen molar-refractivity contribution in [2.75, 3.05) is 6.61 Å². The van der Waals surface area contributed by atoms with E-state index in [0.29, 0.717) is 11.1 Å². The SMILES string of the molecule is Cc1ccc(C(=O)CC(CO)C(=O)c2ccc(C)cc2)cc1. The van der Waals surface area contributed by atoms with Crippen LogP contribution in [0.4, 0.5) is 0 Å². The molecule has 0 aromatic heterocycles. The summed E-state index contributed by atoms with van der Waals surface area (Å²) in [7, 11) is 0. The molecule has 0 fully saturated rings. The van der Waals surface area contributed by atoms with Crippen LogP contribution in [0.1, 0.15) is 38.3 Å². The molecule has 22 heavy (non-hydrogen) atoms. The number of hydrogen-bond donors (Lipinski definition) is 1. The van der Waals surface area contributed by atoms with Crippen LogP contribution in [0, 0.1) is 19.8 Å². The first kappa shape index (κ1) is 16.1. The number of aliphatic hydroxyl groups is 1. The highest BCUT2D eigenvalue weighted by Crippen LogP contribution is 2.17. The molecule has 2 rings (SSSR count). The molecule has 3 nitrogen and oxygen atoms in total. The minimum absolute atomic E-state index is 0.0201. The van der Waals surface area contributed by atoms with E-state index in [9.17, 15) is 14.7 Å². The molecule has 0 radical (unpaired) electrons. The highest BCUT2D eigenvalue weighted by molar-refractivity contribution is 6.03. The Labute approximate surface area is 130 Å². The van der Waals surface area contributed by atoms with Crippen LogP contribution in [0.15, 0.2) is 48.5 Å².